The highest BCUT2D eigenvalue weighted by Crippen LogP contribution is 2.32. The van der Waals surface area contributed by atoms with Crippen molar-refractivity contribution in [3.8, 4) is 11.8 Å². The van der Waals surface area contributed by atoms with Crippen LogP contribution in [0.3, 0.4) is 0 Å². The zero-order chi connectivity index (χ0) is 24.4. The Morgan fingerprint density at radius 2 is 1.79 bits per heavy atom. The number of rotatable bonds is 7. The number of aromatic nitrogens is 2. The Morgan fingerprint density at radius 1 is 1.12 bits per heavy atom. The summed E-state index contributed by atoms with van der Waals surface area (Å²) in [6.07, 6.45) is -4.81. The Balaban J connectivity index is 1.71. The van der Waals surface area contributed by atoms with Gasteiger partial charge >= 0.3 is 6.18 Å². The van der Waals surface area contributed by atoms with E-state index < -0.39 is 38.3 Å². The first kappa shape index (κ1) is 24.1. The van der Waals surface area contributed by atoms with Gasteiger partial charge in [-0.2, -0.15) is 23.5 Å². The van der Waals surface area contributed by atoms with E-state index in [2.05, 4.69) is 9.82 Å². The first-order valence-electron chi connectivity index (χ1n) is 9.34. The van der Waals surface area contributed by atoms with Crippen LogP contribution >= 0.6 is 0 Å². The minimum atomic E-state index is -5.05. The second kappa shape index (κ2) is 9.16. The van der Waals surface area contributed by atoms with E-state index >= 15 is 0 Å². The fraction of sp³-hybridized carbons (Fsp3) is 0.200. The van der Waals surface area contributed by atoms with Crippen molar-refractivity contribution in [2.24, 2.45) is 0 Å². The summed E-state index contributed by atoms with van der Waals surface area (Å²) in [5.74, 6) is -2.04. The monoisotopic (exact) mass is 485 g/mol. The molecule has 0 saturated carbocycles. The van der Waals surface area contributed by atoms with Gasteiger partial charge in [0.2, 0.25) is 10.0 Å². The van der Waals surface area contributed by atoms with Crippen molar-refractivity contribution in [2.75, 3.05) is 12.3 Å². The molecule has 33 heavy (non-hydrogen) atoms. The summed E-state index contributed by atoms with van der Waals surface area (Å²) in [7, 11) is -4.35. The molecule has 13 heteroatoms. The number of nitriles is 1. The van der Waals surface area contributed by atoms with Crippen LogP contribution in [-0.2, 0) is 22.6 Å². The normalized spacial score (nSPS) is 12.0. The van der Waals surface area contributed by atoms with E-state index in [1.807, 2.05) is 6.07 Å². The first-order valence-corrected chi connectivity index (χ1v) is 10.8. The number of sulfonamides is 1. The second-order valence-electron chi connectivity index (χ2n) is 6.85. The highest BCUT2D eigenvalue weighted by atomic mass is 32.2. The molecule has 2 aromatic carbocycles. The number of anilines is 1. The van der Waals surface area contributed by atoms with Gasteiger partial charge in [-0.1, -0.05) is 0 Å². The SMILES string of the molecule is N#Cc1c(CCCNS(=O)(=O)c2ccc(F)c(C(F)(F)F)c2)nn(-c2ccc(F)cc2)c1N. The van der Waals surface area contributed by atoms with Crippen molar-refractivity contribution in [1.82, 2.24) is 14.5 Å². The van der Waals surface area contributed by atoms with Gasteiger partial charge in [0.1, 0.15) is 29.1 Å². The lowest BCUT2D eigenvalue weighted by atomic mass is 10.1. The molecule has 0 atom stereocenters. The Labute approximate surface area is 185 Å². The van der Waals surface area contributed by atoms with Crippen molar-refractivity contribution in [3.05, 3.63) is 70.9 Å². The number of aryl methyl sites for hydroxylation is 1. The number of hydrogen-bond acceptors (Lipinski definition) is 5. The van der Waals surface area contributed by atoms with Gasteiger partial charge in [0.15, 0.2) is 0 Å². The fourth-order valence-corrected chi connectivity index (χ4v) is 4.09. The molecule has 1 aromatic heterocycles. The molecule has 0 bridgehead atoms. The zero-order valence-corrected chi connectivity index (χ0v) is 17.5. The topological polar surface area (TPSA) is 114 Å². The Bertz CT molecular complexity index is 1310. The number of nitrogens with one attached hydrogen (secondary N) is 1. The molecule has 0 fully saturated rings. The molecule has 0 aliphatic rings. The van der Waals surface area contributed by atoms with Gasteiger partial charge < -0.3 is 5.73 Å². The predicted molar refractivity (Wildman–Crippen MR) is 108 cm³/mol. The number of hydrogen-bond donors (Lipinski definition) is 2. The van der Waals surface area contributed by atoms with Crippen LogP contribution in [0.15, 0.2) is 47.4 Å². The van der Waals surface area contributed by atoms with E-state index in [0.717, 1.165) is 6.07 Å². The molecule has 1 heterocycles. The summed E-state index contributed by atoms with van der Waals surface area (Å²) < 4.78 is 93.0. The molecule has 0 amide bonds. The minimum Gasteiger partial charge on any atom is -0.382 e. The van der Waals surface area contributed by atoms with E-state index in [4.69, 9.17) is 5.73 Å². The standard InChI is InChI=1S/C20H16F5N5O2S/c21-12-3-5-13(6-4-12)30-19(27)15(11-26)18(29-30)2-1-9-28-33(31,32)14-7-8-17(22)16(10-14)20(23,24)25/h3-8,10,28H,1-2,9,27H2. The predicted octanol–water partition coefficient (Wildman–Crippen LogP) is 3.53. The van der Waals surface area contributed by atoms with E-state index in [-0.39, 0.29) is 42.5 Å². The molecule has 0 unspecified atom stereocenters. The van der Waals surface area contributed by atoms with Gasteiger partial charge in [-0.15, -0.1) is 0 Å². The van der Waals surface area contributed by atoms with Crippen LogP contribution in [0, 0.1) is 23.0 Å². The molecule has 3 aromatic rings. The number of benzene rings is 2. The number of halogens is 5. The highest BCUT2D eigenvalue weighted by Gasteiger charge is 2.35. The van der Waals surface area contributed by atoms with Gasteiger partial charge in [0, 0.05) is 6.54 Å². The molecule has 0 aliphatic carbocycles. The van der Waals surface area contributed by atoms with E-state index in [0.29, 0.717) is 11.8 Å². The second-order valence-corrected chi connectivity index (χ2v) is 8.61. The Morgan fingerprint density at radius 3 is 2.39 bits per heavy atom. The van der Waals surface area contributed by atoms with Crippen molar-refractivity contribution in [2.45, 2.75) is 23.9 Å². The molecule has 7 nitrogen and oxygen atoms in total. The van der Waals surface area contributed by atoms with E-state index in [9.17, 15) is 35.6 Å². The maximum Gasteiger partial charge on any atom is 0.419 e. The van der Waals surface area contributed by atoms with Crippen molar-refractivity contribution in [1.29, 1.82) is 5.26 Å². The lowest BCUT2D eigenvalue weighted by molar-refractivity contribution is -0.140. The van der Waals surface area contributed by atoms with Crippen LogP contribution in [-0.4, -0.2) is 24.7 Å². The third-order valence-electron chi connectivity index (χ3n) is 4.61. The summed E-state index contributed by atoms with van der Waals surface area (Å²) in [6.45, 7) is -0.199. The number of nitrogens with zero attached hydrogens (tertiary/aromatic N) is 3. The van der Waals surface area contributed by atoms with Crippen molar-refractivity contribution in [3.63, 3.8) is 0 Å². The van der Waals surface area contributed by atoms with E-state index in [1.165, 1.54) is 28.9 Å². The number of nitrogens with two attached hydrogens (primary N) is 1. The lowest BCUT2D eigenvalue weighted by Crippen LogP contribution is -2.25. The maximum absolute atomic E-state index is 13.4. The van der Waals surface area contributed by atoms with Crippen LogP contribution in [0.1, 0.15) is 23.2 Å². The molecule has 174 valence electrons. The number of alkyl halides is 3. The summed E-state index contributed by atoms with van der Waals surface area (Å²) in [5.41, 5.74) is 5.00. The minimum absolute atomic E-state index is 0.0191. The molecule has 3 N–H and O–H groups in total. The van der Waals surface area contributed by atoms with Gasteiger partial charge in [-0.3, -0.25) is 0 Å². The summed E-state index contributed by atoms with van der Waals surface area (Å²) in [5, 5.41) is 13.6. The lowest BCUT2D eigenvalue weighted by Gasteiger charge is -2.11. The van der Waals surface area contributed by atoms with Gasteiger partial charge in [-0.05, 0) is 55.3 Å². The first-order chi connectivity index (χ1) is 15.4. The molecular weight excluding hydrogens is 469 g/mol. The van der Waals surface area contributed by atoms with Crippen LogP contribution in [0.25, 0.3) is 5.69 Å². The molecule has 0 spiro atoms. The molecule has 0 saturated heterocycles. The van der Waals surface area contributed by atoms with Crippen LogP contribution in [0.4, 0.5) is 27.8 Å². The van der Waals surface area contributed by atoms with Crippen molar-refractivity contribution < 1.29 is 30.4 Å². The summed E-state index contributed by atoms with van der Waals surface area (Å²) in [6, 6.07) is 8.50. The van der Waals surface area contributed by atoms with Crippen LogP contribution < -0.4 is 10.5 Å². The van der Waals surface area contributed by atoms with Gasteiger partial charge in [-0.25, -0.2) is 26.6 Å². The molecule has 3 rings (SSSR count). The Kier molecular flexibility index (Phi) is 6.71. The third kappa shape index (κ3) is 5.29. The van der Waals surface area contributed by atoms with Crippen LogP contribution in [0.2, 0.25) is 0 Å². The molecule has 0 aliphatic heterocycles. The van der Waals surface area contributed by atoms with Gasteiger partial charge in [0.25, 0.3) is 0 Å². The molecule has 0 radical (unpaired) electrons. The maximum atomic E-state index is 13.4. The average molecular weight is 485 g/mol. The highest BCUT2D eigenvalue weighted by molar-refractivity contribution is 7.89. The third-order valence-corrected chi connectivity index (χ3v) is 6.07. The smallest absolute Gasteiger partial charge is 0.382 e. The zero-order valence-electron chi connectivity index (χ0n) is 16.7. The summed E-state index contributed by atoms with van der Waals surface area (Å²) in [4.78, 5) is -0.737. The van der Waals surface area contributed by atoms with Crippen LogP contribution in [0.5, 0.6) is 0 Å². The number of nitrogen functional groups attached to an aromatic ring is 1. The quantitative estimate of drug-likeness (QED) is 0.393. The largest absolute Gasteiger partial charge is 0.419 e. The van der Waals surface area contributed by atoms with Gasteiger partial charge in [0.05, 0.1) is 21.8 Å². The fourth-order valence-electron chi connectivity index (χ4n) is 2.99. The van der Waals surface area contributed by atoms with E-state index in [1.54, 1.807) is 0 Å². The van der Waals surface area contributed by atoms with Crippen molar-refractivity contribution >= 4 is 15.8 Å². The summed E-state index contributed by atoms with van der Waals surface area (Å²) >= 11 is 0. The Hall–Kier alpha value is -3.50. The molecular formula is C20H16F5N5O2S. The average Bonchev–Trinajstić information content (AvgIpc) is 3.06.